The zero-order chi connectivity index (χ0) is 41.9. The van der Waals surface area contributed by atoms with Crippen LogP contribution in [0.15, 0.2) is 47.9 Å². The SMILES string of the molecule is CCCS(=O)(=O)N1CC[C@@]23CC(=O)C(OC)=CC2[C@@H]1Cc1ccc(OC)c(C)c13.CCCS(=O)(=O)N1CC[C@@]23CC(=O)C(OC)=CC2[C@@H]1Cc1ccc(OC)c(O)c13. The lowest BCUT2D eigenvalue weighted by Gasteiger charge is -2.57. The van der Waals surface area contributed by atoms with Gasteiger partial charge in [-0.15, -0.1) is 0 Å². The number of Topliss-reactive ketones (excluding diaryl/α,β-unsaturated/α-hetero) is 2. The van der Waals surface area contributed by atoms with Gasteiger partial charge in [-0.1, -0.05) is 26.0 Å². The first-order valence-corrected chi connectivity index (χ1v) is 23.4. The van der Waals surface area contributed by atoms with Gasteiger partial charge in [0.1, 0.15) is 5.75 Å². The summed E-state index contributed by atoms with van der Waals surface area (Å²) in [6, 6.07) is 7.08. The summed E-state index contributed by atoms with van der Waals surface area (Å²) in [7, 11) is -0.637. The number of sulfonamides is 2. The van der Waals surface area contributed by atoms with Crippen molar-refractivity contribution in [2.75, 3.05) is 53.0 Å². The maximum atomic E-state index is 13.0. The molecule has 2 aromatic rings. The lowest BCUT2D eigenvalue weighted by Crippen LogP contribution is -2.62. The van der Waals surface area contributed by atoms with Gasteiger partial charge in [-0.05, 0) is 92.0 Å². The number of benzene rings is 2. The molecule has 2 saturated heterocycles. The molecule has 4 aliphatic carbocycles. The summed E-state index contributed by atoms with van der Waals surface area (Å²) < 4.78 is 76.9. The molecule has 15 heteroatoms. The first-order valence-electron chi connectivity index (χ1n) is 20.2. The van der Waals surface area contributed by atoms with Gasteiger partial charge in [0.25, 0.3) is 0 Å². The van der Waals surface area contributed by atoms with Crippen LogP contribution in [0.3, 0.4) is 0 Å². The molecular formula is C43H56N2O11S2. The molecule has 13 nitrogen and oxygen atoms in total. The molecule has 0 saturated carbocycles. The first-order chi connectivity index (χ1) is 27.6. The molecule has 2 heterocycles. The van der Waals surface area contributed by atoms with Crippen molar-refractivity contribution in [3.8, 4) is 17.2 Å². The summed E-state index contributed by atoms with van der Waals surface area (Å²) in [4.78, 5) is 25.7. The van der Waals surface area contributed by atoms with Crippen LogP contribution in [0.1, 0.15) is 80.2 Å². The minimum Gasteiger partial charge on any atom is -0.504 e. The number of piperidine rings is 2. The zero-order valence-corrected chi connectivity index (χ0v) is 36.1. The monoisotopic (exact) mass is 840 g/mol. The molecule has 0 radical (unpaired) electrons. The predicted molar refractivity (Wildman–Crippen MR) is 218 cm³/mol. The summed E-state index contributed by atoms with van der Waals surface area (Å²) in [5, 5.41) is 11.0. The van der Waals surface area contributed by atoms with Gasteiger partial charge in [0.05, 0.1) is 39.9 Å². The number of ether oxygens (including phenoxy) is 4. The summed E-state index contributed by atoms with van der Waals surface area (Å²) >= 11 is 0. The number of carbonyl (C=O) groups excluding carboxylic acids is 2. The third kappa shape index (κ3) is 6.55. The van der Waals surface area contributed by atoms with Crippen LogP contribution in [0.4, 0.5) is 0 Å². The second-order valence-corrected chi connectivity index (χ2v) is 20.6. The average molecular weight is 841 g/mol. The van der Waals surface area contributed by atoms with Crippen LogP contribution in [-0.4, -0.2) is 107 Å². The Morgan fingerprint density at radius 3 is 1.53 bits per heavy atom. The number of ketones is 2. The fraction of sp³-hybridized carbons (Fsp3) is 0.581. The number of methoxy groups -OCH3 is 4. The second kappa shape index (κ2) is 15.6. The number of carbonyl (C=O) groups is 2. The fourth-order valence-electron chi connectivity index (χ4n) is 11.4. The minimum atomic E-state index is -3.41. The standard InChI is InChI=1S/C22H29NO5S.C21H27NO6S/c1-5-10-29(25,26)23-9-8-22-13-18(24)20(28-4)12-16(22)17(23)11-15-6-7-19(27-3)14(2)21(15)22;1-4-9-29(25,26)22-8-7-21-12-16(23)18(28-3)11-14(21)15(22)10-13-5-6-17(27-2)20(24)19(13)21/h6-7,12,16-17H,5,8-11,13H2,1-4H3;5-6,11,14-15,24H,4,7-10,12H2,1-3H3/t16?,17-,22+;14?,15-,21+/m00/s1. The molecular weight excluding hydrogens is 785 g/mol. The van der Waals surface area contributed by atoms with E-state index in [2.05, 4.69) is 0 Å². The van der Waals surface area contributed by atoms with Crippen molar-refractivity contribution >= 4 is 31.6 Å². The van der Waals surface area contributed by atoms with E-state index >= 15 is 0 Å². The Hall–Kier alpha value is -3.92. The maximum absolute atomic E-state index is 13.0. The van der Waals surface area contributed by atoms with Crippen molar-refractivity contribution in [1.82, 2.24) is 8.61 Å². The summed E-state index contributed by atoms with van der Waals surface area (Å²) in [6.45, 7) is 6.57. The zero-order valence-electron chi connectivity index (χ0n) is 34.5. The molecule has 1 N–H and O–H groups in total. The summed E-state index contributed by atoms with van der Waals surface area (Å²) in [6.07, 6.45) is 7.54. The lowest BCUT2D eigenvalue weighted by molar-refractivity contribution is -0.123. The van der Waals surface area contributed by atoms with Crippen molar-refractivity contribution in [2.24, 2.45) is 11.8 Å². The Labute approximate surface area is 342 Å². The van der Waals surface area contributed by atoms with E-state index in [1.807, 2.05) is 45.0 Å². The first kappa shape index (κ1) is 42.2. The van der Waals surface area contributed by atoms with E-state index in [1.165, 1.54) is 26.9 Å². The van der Waals surface area contributed by atoms with Gasteiger partial charge in [0.2, 0.25) is 20.0 Å². The predicted octanol–water partition coefficient (Wildman–Crippen LogP) is 4.86. The largest absolute Gasteiger partial charge is 0.504 e. The van der Waals surface area contributed by atoms with Crippen LogP contribution < -0.4 is 9.47 Å². The Morgan fingerprint density at radius 2 is 1.10 bits per heavy atom. The normalized spacial score (nSPS) is 28.9. The van der Waals surface area contributed by atoms with Crippen molar-refractivity contribution in [2.45, 2.75) is 95.1 Å². The number of rotatable bonds is 10. The highest BCUT2D eigenvalue weighted by Gasteiger charge is 2.60. The van der Waals surface area contributed by atoms with Gasteiger partial charge in [-0.2, -0.15) is 8.61 Å². The molecule has 0 spiro atoms. The molecule has 316 valence electrons. The van der Waals surface area contributed by atoms with Gasteiger partial charge in [-0.25, -0.2) is 16.8 Å². The van der Waals surface area contributed by atoms with Crippen molar-refractivity contribution in [3.63, 3.8) is 0 Å². The van der Waals surface area contributed by atoms with Gasteiger partial charge >= 0.3 is 0 Å². The Morgan fingerprint density at radius 1 is 0.672 bits per heavy atom. The average Bonchev–Trinajstić information content (AvgIpc) is 3.17. The highest BCUT2D eigenvalue weighted by molar-refractivity contribution is 7.89. The minimum absolute atomic E-state index is 0.0116. The summed E-state index contributed by atoms with van der Waals surface area (Å²) in [5.74, 6) is 1.64. The number of fused-ring (bicyclic) bond motifs is 2. The van der Waals surface area contributed by atoms with Crippen LogP contribution in [0.25, 0.3) is 0 Å². The van der Waals surface area contributed by atoms with E-state index in [1.54, 1.807) is 27.9 Å². The number of allylic oxidation sites excluding steroid dienone is 2. The molecule has 4 bridgehead atoms. The molecule has 0 amide bonds. The Bertz CT molecular complexity index is 2130. The van der Waals surface area contributed by atoms with Crippen LogP contribution in [0, 0.1) is 18.8 Å². The maximum Gasteiger partial charge on any atom is 0.214 e. The quantitative estimate of drug-likeness (QED) is 0.348. The number of phenolic OH excluding ortho intramolecular Hbond substituents is 1. The smallest absolute Gasteiger partial charge is 0.214 e. The third-order valence-electron chi connectivity index (χ3n) is 13.7. The van der Waals surface area contributed by atoms with Crippen LogP contribution >= 0.6 is 0 Å². The van der Waals surface area contributed by atoms with Crippen LogP contribution in [-0.2, 0) is 62.8 Å². The number of phenols is 1. The van der Waals surface area contributed by atoms with E-state index in [9.17, 15) is 31.5 Å². The van der Waals surface area contributed by atoms with Gasteiger partial charge in [0.15, 0.2) is 34.6 Å². The highest BCUT2D eigenvalue weighted by Crippen LogP contribution is 2.59. The third-order valence-corrected chi connectivity index (χ3v) is 17.9. The lowest BCUT2D eigenvalue weighted by atomic mass is 9.53. The highest BCUT2D eigenvalue weighted by atomic mass is 32.2. The number of nitrogens with zero attached hydrogens (tertiary/aromatic N) is 2. The molecule has 0 aromatic heterocycles. The number of hydrogen-bond donors (Lipinski definition) is 1. The molecule has 8 rings (SSSR count). The van der Waals surface area contributed by atoms with Gasteiger partial charge in [0, 0.05) is 66.2 Å². The van der Waals surface area contributed by atoms with Crippen LogP contribution in [0.5, 0.6) is 17.2 Å². The molecule has 2 fully saturated rings. The van der Waals surface area contributed by atoms with Gasteiger partial charge in [-0.3, -0.25) is 9.59 Å². The molecule has 2 aliphatic heterocycles. The van der Waals surface area contributed by atoms with Gasteiger partial charge < -0.3 is 24.1 Å². The van der Waals surface area contributed by atoms with Crippen LogP contribution in [0.2, 0.25) is 0 Å². The Balaban J connectivity index is 0.000000177. The molecule has 6 atom stereocenters. The summed E-state index contributed by atoms with van der Waals surface area (Å²) in [5.41, 5.74) is 3.89. The molecule has 2 unspecified atom stereocenters. The van der Waals surface area contributed by atoms with Crippen molar-refractivity contribution in [3.05, 3.63) is 75.8 Å². The fourth-order valence-corrected chi connectivity index (χ4v) is 14.9. The van der Waals surface area contributed by atoms with E-state index in [0.29, 0.717) is 69.5 Å². The Kier molecular flexibility index (Phi) is 11.4. The number of aromatic hydroxyl groups is 1. The van der Waals surface area contributed by atoms with E-state index in [-0.39, 0.29) is 64.9 Å². The van der Waals surface area contributed by atoms with Crippen molar-refractivity contribution < 1.29 is 50.5 Å². The van der Waals surface area contributed by atoms with E-state index in [4.69, 9.17) is 18.9 Å². The molecule has 58 heavy (non-hydrogen) atoms. The molecule has 6 aliphatic rings. The van der Waals surface area contributed by atoms with E-state index in [0.717, 1.165) is 28.0 Å². The molecule has 2 aromatic carbocycles. The second-order valence-electron chi connectivity index (χ2n) is 16.5. The van der Waals surface area contributed by atoms with E-state index < -0.39 is 30.9 Å². The number of hydrogen-bond acceptors (Lipinski definition) is 11. The topological polar surface area (TPSA) is 166 Å². The van der Waals surface area contributed by atoms with Crippen molar-refractivity contribution in [1.29, 1.82) is 0 Å².